The van der Waals surface area contributed by atoms with Crippen LogP contribution in [0.3, 0.4) is 0 Å². The summed E-state index contributed by atoms with van der Waals surface area (Å²) in [6.07, 6.45) is 0. The zero-order valence-corrected chi connectivity index (χ0v) is 15.6. The average Bonchev–Trinajstić information content (AvgIpc) is 2.71. The summed E-state index contributed by atoms with van der Waals surface area (Å²) < 4.78 is 27.4. The minimum Gasteiger partial charge on any atom is -0.492 e. The second kappa shape index (κ2) is 7.47. The molecule has 0 saturated heterocycles. The van der Waals surface area contributed by atoms with Crippen molar-refractivity contribution in [3.63, 3.8) is 0 Å². The highest BCUT2D eigenvalue weighted by molar-refractivity contribution is 5.95. The summed E-state index contributed by atoms with van der Waals surface area (Å²) in [6, 6.07) is 6.91. The Balaban J connectivity index is 2.36. The quantitative estimate of drug-likeness (QED) is 0.467. The van der Waals surface area contributed by atoms with E-state index in [2.05, 4.69) is 0 Å². The Kier molecular flexibility index (Phi) is 5.08. The van der Waals surface area contributed by atoms with Crippen molar-refractivity contribution in [2.45, 2.75) is 0 Å². The Morgan fingerprint density at radius 2 is 1.39 bits per heavy atom. The smallest absolute Gasteiger partial charge is 0.269 e. The van der Waals surface area contributed by atoms with Gasteiger partial charge in [0.05, 0.1) is 33.4 Å². The third-order valence-electron chi connectivity index (χ3n) is 4.18. The molecule has 0 spiro atoms. The number of nitro groups is 1. The third kappa shape index (κ3) is 2.96. The molecule has 0 atom stereocenters. The zero-order chi connectivity index (χ0) is 20.4. The van der Waals surface area contributed by atoms with Gasteiger partial charge in [0.25, 0.3) is 5.69 Å². The molecule has 146 valence electrons. The van der Waals surface area contributed by atoms with Crippen LogP contribution in [0.1, 0.15) is 0 Å². The first kappa shape index (κ1) is 19.0. The average molecular weight is 387 g/mol. The van der Waals surface area contributed by atoms with E-state index in [1.165, 1.54) is 58.8 Å². The minimum absolute atomic E-state index is 0.0717. The molecule has 0 bridgehead atoms. The fourth-order valence-corrected chi connectivity index (χ4v) is 2.93. The van der Waals surface area contributed by atoms with Crippen LogP contribution in [0.25, 0.3) is 22.3 Å². The highest BCUT2D eigenvalue weighted by Gasteiger charge is 2.27. The molecule has 0 aliphatic rings. The van der Waals surface area contributed by atoms with Crippen molar-refractivity contribution in [2.75, 3.05) is 28.4 Å². The van der Waals surface area contributed by atoms with E-state index in [4.69, 9.17) is 23.4 Å². The molecular formula is C19H17NO8. The first-order valence-electron chi connectivity index (χ1n) is 8.05. The van der Waals surface area contributed by atoms with E-state index < -0.39 is 10.4 Å². The number of ether oxygens (including phenoxy) is 4. The van der Waals surface area contributed by atoms with Crippen molar-refractivity contribution in [3.05, 3.63) is 50.7 Å². The highest BCUT2D eigenvalue weighted by atomic mass is 16.6. The molecular weight excluding hydrogens is 370 g/mol. The van der Waals surface area contributed by atoms with Crippen molar-refractivity contribution in [1.29, 1.82) is 0 Å². The number of nitro benzene ring substituents is 1. The van der Waals surface area contributed by atoms with Crippen LogP contribution in [0.4, 0.5) is 5.69 Å². The molecule has 0 saturated carbocycles. The minimum atomic E-state index is -0.509. The molecule has 1 aromatic heterocycles. The van der Waals surface area contributed by atoms with E-state index in [1.807, 2.05) is 0 Å². The molecule has 2 aromatic carbocycles. The molecule has 0 radical (unpaired) electrons. The van der Waals surface area contributed by atoms with Crippen LogP contribution >= 0.6 is 0 Å². The second-order valence-electron chi connectivity index (χ2n) is 5.62. The number of rotatable bonds is 6. The Morgan fingerprint density at radius 1 is 0.857 bits per heavy atom. The van der Waals surface area contributed by atoms with Crippen molar-refractivity contribution in [2.24, 2.45) is 0 Å². The largest absolute Gasteiger partial charge is 0.492 e. The summed E-state index contributed by atoms with van der Waals surface area (Å²) in [7, 11) is 5.64. The van der Waals surface area contributed by atoms with Crippen LogP contribution in [-0.2, 0) is 0 Å². The van der Waals surface area contributed by atoms with Gasteiger partial charge in [-0.1, -0.05) is 0 Å². The fraction of sp³-hybridized carbons (Fsp3) is 0.211. The summed E-state index contributed by atoms with van der Waals surface area (Å²) >= 11 is 0. The molecule has 0 amide bonds. The van der Waals surface area contributed by atoms with E-state index in [1.54, 1.807) is 0 Å². The number of fused-ring (bicyclic) bond motifs is 1. The van der Waals surface area contributed by atoms with Gasteiger partial charge in [-0.15, -0.1) is 0 Å². The van der Waals surface area contributed by atoms with Gasteiger partial charge >= 0.3 is 0 Å². The second-order valence-corrected chi connectivity index (χ2v) is 5.62. The van der Waals surface area contributed by atoms with Crippen molar-refractivity contribution < 1.29 is 28.3 Å². The first-order valence-corrected chi connectivity index (χ1v) is 8.05. The molecule has 0 N–H and O–H groups in total. The van der Waals surface area contributed by atoms with Crippen LogP contribution in [0, 0.1) is 10.1 Å². The van der Waals surface area contributed by atoms with Crippen molar-refractivity contribution >= 4 is 16.7 Å². The molecule has 9 nitrogen and oxygen atoms in total. The molecule has 1 heterocycles. The molecule has 0 aliphatic heterocycles. The molecule has 3 aromatic rings. The van der Waals surface area contributed by atoms with Gasteiger partial charge in [-0.2, -0.15) is 0 Å². The van der Waals surface area contributed by atoms with Crippen molar-refractivity contribution in [3.8, 4) is 34.3 Å². The lowest BCUT2D eigenvalue weighted by molar-refractivity contribution is -0.384. The summed E-state index contributed by atoms with van der Waals surface area (Å²) in [4.78, 5) is 23.2. The van der Waals surface area contributed by atoms with Crippen LogP contribution in [0.2, 0.25) is 0 Å². The number of non-ortho nitro benzene ring substituents is 1. The Bertz CT molecular complexity index is 1100. The molecule has 3 rings (SSSR count). The number of nitrogens with zero attached hydrogens (tertiary/aromatic N) is 1. The van der Waals surface area contributed by atoms with Gasteiger partial charge in [0, 0.05) is 23.8 Å². The van der Waals surface area contributed by atoms with E-state index >= 15 is 0 Å². The van der Waals surface area contributed by atoms with Crippen LogP contribution in [-0.4, -0.2) is 33.4 Å². The van der Waals surface area contributed by atoms with E-state index in [0.29, 0.717) is 5.56 Å². The number of hydrogen-bond donors (Lipinski definition) is 0. The summed E-state index contributed by atoms with van der Waals surface area (Å²) in [5.41, 5.74) is 0.126. The maximum atomic E-state index is 12.9. The maximum Gasteiger partial charge on any atom is 0.269 e. The predicted octanol–water partition coefficient (Wildman–Crippen LogP) is 3.40. The Labute approximate surface area is 159 Å². The van der Waals surface area contributed by atoms with Gasteiger partial charge < -0.3 is 23.4 Å². The fourth-order valence-electron chi connectivity index (χ4n) is 2.93. The van der Waals surface area contributed by atoms with Crippen LogP contribution in [0.5, 0.6) is 23.0 Å². The van der Waals surface area contributed by atoms with E-state index in [9.17, 15) is 14.9 Å². The zero-order valence-electron chi connectivity index (χ0n) is 15.6. The summed E-state index contributed by atoms with van der Waals surface area (Å²) in [5.74, 6) is 0.929. The van der Waals surface area contributed by atoms with E-state index in [-0.39, 0.29) is 45.4 Å². The Morgan fingerprint density at radius 3 is 1.89 bits per heavy atom. The first-order chi connectivity index (χ1) is 13.5. The van der Waals surface area contributed by atoms with Gasteiger partial charge in [-0.3, -0.25) is 14.9 Å². The standard InChI is InChI=1S/C19H17NO8/c1-24-15-14-12(21)9-13(10-5-7-11(8-6-10)20(22)23)28-16(14)18(26-3)19(27-4)17(15)25-2/h5-9H,1-4H3. The molecule has 28 heavy (non-hydrogen) atoms. The van der Waals surface area contributed by atoms with Crippen LogP contribution in [0.15, 0.2) is 39.5 Å². The lowest BCUT2D eigenvalue weighted by atomic mass is 10.1. The van der Waals surface area contributed by atoms with Crippen molar-refractivity contribution in [1.82, 2.24) is 0 Å². The van der Waals surface area contributed by atoms with Gasteiger partial charge in [-0.25, -0.2) is 0 Å². The lowest BCUT2D eigenvalue weighted by Gasteiger charge is -2.17. The number of hydrogen-bond acceptors (Lipinski definition) is 8. The summed E-state index contributed by atoms with van der Waals surface area (Å²) in [5, 5.41) is 11.0. The molecule has 0 aliphatic carbocycles. The highest BCUT2D eigenvalue weighted by Crippen LogP contribution is 2.50. The third-order valence-corrected chi connectivity index (χ3v) is 4.18. The number of benzene rings is 2. The van der Waals surface area contributed by atoms with Gasteiger partial charge in [-0.05, 0) is 12.1 Å². The monoisotopic (exact) mass is 387 g/mol. The summed E-state index contributed by atoms with van der Waals surface area (Å²) in [6.45, 7) is 0. The van der Waals surface area contributed by atoms with Crippen LogP contribution < -0.4 is 24.4 Å². The topological polar surface area (TPSA) is 110 Å². The van der Waals surface area contributed by atoms with Gasteiger partial charge in [0.2, 0.25) is 17.2 Å². The Hall–Kier alpha value is -3.75. The normalized spacial score (nSPS) is 10.6. The molecule has 0 unspecified atom stereocenters. The molecule has 0 fully saturated rings. The number of methoxy groups -OCH3 is 4. The van der Waals surface area contributed by atoms with E-state index in [0.717, 1.165) is 0 Å². The van der Waals surface area contributed by atoms with Gasteiger partial charge in [0.15, 0.2) is 16.8 Å². The SMILES string of the molecule is COc1c(OC)c(OC)c2c(=O)cc(-c3ccc([N+](=O)[O-])cc3)oc2c1OC. The van der Waals surface area contributed by atoms with Gasteiger partial charge in [0.1, 0.15) is 11.1 Å². The predicted molar refractivity (Wildman–Crippen MR) is 101 cm³/mol. The maximum absolute atomic E-state index is 12.9. The molecule has 9 heteroatoms. The lowest BCUT2D eigenvalue weighted by Crippen LogP contribution is -2.07.